The van der Waals surface area contributed by atoms with Crippen molar-refractivity contribution in [2.45, 2.75) is 65.0 Å². The second kappa shape index (κ2) is 4.74. The van der Waals surface area contributed by atoms with Crippen LogP contribution < -0.4 is 5.32 Å². The third-order valence-corrected chi connectivity index (χ3v) is 4.85. The molecule has 3 fully saturated rings. The quantitative estimate of drug-likeness (QED) is 0.857. The highest BCUT2D eigenvalue weighted by Gasteiger charge is 2.49. The summed E-state index contributed by atoms with van der Waals surface area (Å²) >= 11 is 0. The number of hydrogen-bond acceptors (Lipinski definition) is 2. The van der Waals surface area contributed by atoms with Gasteiger partial charge in [-0.3, -0.25) is 9.59 Å². The van der Waals surface area contributed by atoms with Crippen molar-refractivity contribution in [2.24, 2.45) is 17.3 Å². The Labute approximate surface area is 121 Å². The Morgan fingerprint density at radius 2 is 1.65 bits per heavy atom. The van der Waals surface area contributed by atoms with Crippen LogP contribution in [0.4, 0.5) is 0 Å². The van der Waals surface area contributed by atoms with Crippen LogP contribution in [0, 0.1) is 17.3 Å². The molecule has 1 unspecified atom stereocenters. The van der Waals surface area contributed by atoms with Crippen LogP contribution >= 0.6 is 0 Å². The third kappa shape index (κ3) is 2.70. The van der Waals surface area contributed by atoms with Crippen molar-refractivity contribution >= 4 is 11.8 Å². The van der Waals surface area contributed by atoms with Crippen molar-refractivity contribution in [2.75, 3.05) is 6.54 Å². The normalized spacial score (nSPS) is 28.6. The molecule has 2 aliphatic carbocycles. The number of rotatable bonds is 3. The maximum atomic E-state index is 13.0. The van der Waals surface area contributed by atoms with E-state index in [4.69, 9.17) is 0 Å². The van der Waals surface area contributed by atoms with E-state index in [-0.39, 0.29) is 23.3 Å². The molecule has 1 heterocycles. The fraction of sp³-hybridized carbons (Fsp3) is 0.875. The maximum absolute atomic E-state index is 13.0. The highest BCUT2D eigenvalue weighted by molar-refractivity contribution is 5.90. The van der Waals surface area contributed by atoms with Crippen LogP contribution in [0.25, 0.3) is 0 Å². The highest BCUT2D eigenvalue weighted by Crippen LogP contribution is 2.47. The summed E-state index contributed by atoms with van der Waals surface area (Å²) in [4.78, 5) is 26.9. The van der Waals surface area contributed by atoms with E-state index in [9.17, 15) is 9.59 Å². The molecule has 1 N–H and O–H groups in total. The molecule has 0 aromatic rings. The Bertz CT molecular complexity index is 407. The summed E-state index contributed by atoms with van der Waals surface area (Å²) in [6.07, 6.45) is 5.48. The van der Waals surface area contributed by atoms with Crippen molar-refractivity contribution in [1.82, 2.24) is 10.2 Å². The highest BCUT2D eigenvalue weighted by atomic mass is 16.2. The van der Waals surface area contributed by atoms with E-state index in [1.54, 1.807) is 0 Å². The molecular weight excluding hydrogens is 252 g/mol. The Kier molecular flexibility index (Phi) is 3.30. The first-order valence-corrected chi connectivity index (χ1v) is 7.98. The standard InChI is InChI=1S/C16H26N2O2/c1-16(2,3)14-15(20)18(9-8-12(19)17-14)13(10-4-5-10)11-6-7-11/h10-11,13-14H,4-9H2,1-3H3,(H,17,19). The lowest BCUT2D eigenvalue weighted by Gasteiger charge is -2.36. The van der Waals surface area contributed by atoms with Gasteiger partial charge in [0.25, 0.3) is 0 Å². The molecule has 2 amide bonds. The third-order valence-electron chi connectivity index (χ3n) is 4.85. The van der Waals surface area contributed by atoms with Gasteiger partial charge in [0, 0.05) is 19.0 Å². The largest absolute Gasteiger partial charge is 0.344 e. The van der Waals surface area contributed by atoms with Crippen LogP contribution in [-0.4, -0.2) is 35.3 Å². The van der Waals surface area contributed by atoms with E-state index < -0.39 is 0 Å². The Morgan fingerprint density at radius 1 is 1.10 bits per heavy atom. The number of nitrogens with zero attached hydrogens (tertiary/aromatic N) is 1. The van der Waals surface area contributed by atoms with Crippen LogP contribution in [0.15, 0.2) is 0 Å². The smallest absolute Gasteiger partial charge is 0.245 e. The molecule has 0 bridgehead atoms. The summed E-state index contributed by atoms with van der Waals surface area (Å²) in [5.74, 6) is 1.55. The van der Waals surface area contributed by atoms with Crippen molar-refractivity contribution in [3.8, 4) is 0 Å². The minimum atomic E-state index is -0.377. The zero-order chi connectivity index (χ0) is 14.5. The molecule has 1 aliphatic heterocycles. The minimum absolute atomic E-state index is 0.0196. The lowest BCUT2D eigenvalue weighted by atomic mass is 9.85. The predicted octanol–water partition coefficient (Wildman–Crippen LogP) is 1.94. The van der Waals surface area contributed by atoms with Gasteiger partial charge in [-0.25, -0.2) is 0 Å². The first kappa shape index (κ1) is 13.9. The molecule has 3 rings (SSSR count). The van der Waals surface area contributed by atoms with E-state index >= 15 is 0 Å². The summed E-state index contributed by atoms with van der Waals surface area (Å²) in [7, 11) is 0. The molecule has 0 spiro atoms. The Balaban J connectivity index is 1.84. The van der Waals surface area contributed by atoms with Crippen molar-refractivity contribution in [3.63, 3.8) is 0 Å². The van der Waals surface area contributed by atoms with Gasteiger partial charge in [0.2, 0.25) is 11.8 Å². The van der Waals surface area contributed by atoms with Gasteiger partial charge in [-0.1, -0.05) is 20.8 Å². The first-order valence-electron chi connectivity index (χ1n) is 7.98. The zero-order valence-corrected chi connectivity index (χ0v) is 12.8. The van der Waals surface area contributed by atoms with E-state index in [0.717, 1.165) is 0 Å². The average molecular weight is 278 g/mol. The Hall–Kier alpha value is -1.06. The molecule has 3 aliphatic rings. The van der Waals surface area contributed by atoms with Gasteiger partial charge in [-0.2, -0.15) is 0 Å². The van der Waals surface area contributed by atoms with Gasteiger partial charge in [-0.15, -0.1) is 0 Å². The minimum Gasteiger partial charge on any atom is -0.344 e. The van der Waals surface area contributed by atoms with Gasteiger partial charge in [0.05, 0.1) is 0 Å². The van der Waals surface area contributed by atoms with Gasteiger partial charge in [0.1, 0.15) is 6.04 Å². The molecule has 4 heteroatoms. The van der Waals surface area contributed by atoms with Crippen LogP contribution in [0.1, 0.15) is 52.9 Å². The summed E-state index contributed by atoms with van der Waals surface area (Å²) < 4.78 is 0. The number of hydrogen-bond donors (Lipinski definition) is 1. The molecule has 2 saturated carbocycles. The molecular formula is C16H26N2O2. The molecule has 0 aromatic carbocycles. The van der Waals surface area contributed by atoms with E-state index in [0.29, 0.717) is 30.8 Å². The predicted molar refractivity (Wildman–Crippen MR) is 77.0 cm³/mol. The van der Waals surface area contributed by atoms with E-state index in [1.807, 2.05) is 20.8 Å². The molecule has 20 heavy (non-hydrogen) atoms. The maximum Gasteiger partial charge on any atom is 0.245 e. The first-order chi connectivity index (χ1) is 9.38. The van der Waals surface area contributed by atoms with Gasteiger partial charge < -0.3 is 10.2 Å². The number of carbonyl (C=O) groups is 2. The summed E-state index contributed by atoms with van der Waals surface area (Å²) in [6, 6.07) is 0.0255. The lowest BCUT2D eigenvalue weighted by Crippen LogP contribution is -2.54. The molecule has 0 radical (unpaired) electrons. The van der Waals surface area contributed by atoms with Crippen molar-refractivity contribution < 1.29 is 9.59 Å². The fourth-order valence-corrected chi connectivity index (χ4v) is 3.45. The molecule has 4 nitrogen and oxygen atoms in total. The fourth-order valence-electron chi connectivity index (χ4n) is 3.45. The SMILES string of the molecule is CC(C)(C)C1NC(=O)CCN(C(C2CC2)C2CC2)C1=O. The zero-order valence-electron chi connectivity index (χ0n) is 12.8. The van der Waals surface area contributed by atoms with Gasteiger partial charge in [-0.05, 0) is 42.9 Å². The van der Waals surface area contributed by atoms with Crippen molar-refractivity contribution in [1.29, 1.82) is 0 Å². The van der Waals surface area contributed by atoms with Gasteiger partial charge in [0.15, 0.2) is 0 Å². The molecule has 112 valence electrons. The number of amides is 2. The topological polar surface area (TPSA) is 49.4 Å². The number of carbonyl (C=O) groups excluding carboxylic acids is 2. The number of nitrogens with one attached hydrogen (secondary N) is 1. The summed E-state index contributed by atoms with van der Waals surface area (Å²) in [5.41, 5.74) is -0.229. The van der Waals surface area contributed by atoms with Gasteiger partial charge >= 0.3 is 0 Å². The van der Waals surface area contributed by atoms with E-state index in [1.165, 1.54) is 25.7 Å². The lowest BCUT2D eigenvalue weighted by molar-refractivity contribution is -0.139. The molecule has 1 saturated heterocycles. The molecule has 0 aromatic heterocycles. The van der Waals surface area contributed by atoms with E-state index in [2.05, 4.69) is 10.2 Å². The average Bonchev–Trinajstić information content (AvgIpc) is 3.20. The summed E-state index contributed by atoms with van der Waals surface area (Å²) in [6.45, 7) is 6.70. The summed E-state index contributed by atoms with van der Waals surface area (Å²) in [5, 5.41) is 2.94. The Morgan fingerprint density at radius 3 is 2.10 bits per heavy atom. The second-order valence-corrected chi connectivity index (χ2v) is 7.81. The van der Waals surface area contributed by atoms with Crippen LogP contribution in [0.5, 0.6) is 0 Å². The monoisotopic (exact) mass is 278 g/mol. The van der Waals surface area contributed by atoms with Crippen LogP contribution in [0.2, 0.25) is 0 Å². The second-order valence-electron chi connectivity index (χ2n) is 7.81. The van der Waals surface area contributed by atoms with Crippen molar-refractivity contribution in [3.05, 3.63) is 0 Å². The van der Waals surface area contributed by atoms with Crippen LogP contribution in [0.3, 0.4) is 0 Å². The molecule has 1 atom stereocenters. The van der Waals surface area contributed by atoms with Crippen LogP contribution in [-0.2, 0) is 9.59 Å².